The quantitative estimate of drug-likeness (QED) is 0.864. The number of halogens is 2. The minimum atomic E-state index is -2.95. The number of benzene rings is 1. The van der Waals surface area contributed by atoms with Gasteiger partial charge < -0.3 is 9.84 Å². The van der Waals surface area contributed by atoms with E-state index in [9.17, 15) is 13.6 Å². The molecule has 0 spiro atoms. The van der Waals surface area contributed by atoms with E-state index in [1.54, 1.807) is 0 Å². The van der Waals surface area contributed by atoms with Crippen LogP contribution in [0.1, 0.15) is 43.2 Å². The lowest BCUT2D eigenvalue weighted by atomic mass is 9.88. The monoisotopic (exact) mass is 284 g/mol. The molecule has 1 fully saturated rings. The first kappa shape index (κ1) is 14.8. The molecule has 5 heteroatoms. The van der Waals surface area contributed by atoms with Crippen LogP contribution in [0.5, 0.6) is 5.75 Å². The van der Waals surface area contributed by atoms with Gasteiger partial charge in [-0.05, 0) is 42.5 Å². The van der Waals surface area contributed by atoms with E-state index in [1.807, 2.05) is 0 Å². The summed E-state index contributed by atoms with van der Waals surface area (Å²) in [6.45, 7) is 0.835. The molecular weight excluding hydrogens is 266 g/mol. The Kier molecular flexibility index (Phi) is 3.97. The number of ether oxygens (including phenoxy) is 1. The van der Waals surface area contributed by atoms with Crippen molar-refractivity contribution >= 4 is 5.97 Å². The Morgan fingerprint density at radius 1 is 1.50 bits per heavy atom. The summed E-state index contributed by atoms with van der Waals surface area (Å²) in [5, 5.41) is 9.03. The zero-order valence-corrected chi connectivity index (χ0v) is 11.5. The fraction of sp³-hybridized carbons (Fsp3) is 0.533. The molecule has 0 amide bonds. The topological polar surface area (TPSA) is 46.5 Å². The number of alkyl halides is 2. The van der Waals surface area contributed by atoms with Crippen molar-refractivity contribution in [2.45, 2.75) is 38.0 Å². The standard InChI is InChI=1S/C15H18F2O3/c1-15(16,17)10-5-6-13(20-2)12(7-10)11(8-14(18)19)9-3-4-9/h5-7,9,11H,3-4,8H2,1-2H3,(H,18,19). The highest BCUT2D eigenvalue weighted by Crippen LogP contribution is 2.47. The number of methoxy groups -OCH3 is 1. The first-order valence-corrected chi connectivity index (χ1v) is 6.61. The van der Waals surface area contributed by atoms with Gasteiger partial charge in [0.1, 0.15) is 5.75 Å². The van der Waals surface area contributed by atoms with Crippen molar-refractivity contribution in [2.75, 3.05) is 7.11 Å². The number of aliphatic carboxylic acids is 1. The Bertz CT molecular complexity index is 504. The molecular formula is C15H18F2O3. The van der Waals surface area contributed by atoms with Crippen molar-refractivity contribution < 1.29 is 23.4 Å². The molecule has 0 radical (unpaired) electrons. The second-order valence-corrected chi connectivity index (χ2v) is 5.39. The molecule has 1 unspecified atom stereocenters. The lowest BCUT2D eigenvalue weighted by molar-refractivity contribution is -0.137. The van der Waals surface area contributed by atoms with Crippen molar-refractivity contribution in [3.63, 3.8) is 0 Å². The first-order valence-electron chi connectivity index (χ1n) is 6.61. The number of carboxylic acids is 1. The van der Waals surface area contributed by atoms with E-state index in [2.05, 4.69) is 0 Å². The molecule has 0 aromatic heterocycles. The maximum absolute atomic E-state index is 13.5. The summed E-state index contributed by atoms with van der Waals surface area (Å²) < 4.78 is 32.1. The average Bonchev–Trinajstić information content (AvgIpc) is 3.18. The highest BCUT2D eigenvalue weighted by Gasteiger charge is 2.36. The van der Waals surface area contributed by atoms with Crippen LogP contribution in [0.4, 0.5) is 8.78 Å². The summed E-state index contributed by atoms with van der Waals surface area (Å²) in [4.78, 5) is 11.0. The molecule has 1 aromatic carbocycles. The highest BCUT2D eigenvalue weighted by molar-refractivity contribution is 5.68. The highest BCUT2D eigenvalue weighted by atomic mass is 19.3. The van der Waals surface area contributed by atoms with Crippen molar-refractivity contribution in [1.29, 1.82) is 0 Å². The van der Waals surface area contributed by atoms with Crippen molar-refractivity contribution in [1.82, 2.24) is 0 Å². The summed E-state index contributed by atoms with van der Waals surface area (Å²) in [6.07, 6.45) is 1.82. The summed E-state index contributed by atoms with van der Waals surface area (Å²) in [6, 6.07) is 4.22. The summed E-state index contributed by atoms with van der Waals surface area (Å²) >= 11 is 0. The Balaban J connectivity index is 2.42. The molecule has 0 saturated heterocycles. The molecule has 1 aliphatic carbocycles. The van der Waals surface area contributed by atoms with Crippen LogP contribution in [0.25, 0.3) is 0 Å². The maximum atomic E-state index is 13.5. The third-order valence-electron chi connectivity index (χ3n) is 3.72. The fourth-order valence-electron chi connectivity index (χ4n) is 2.51. The van der Waals surface area contributed by atoms with Gasteiger partial charge in [-0.2, -0.15) is 0 Å². The second kappa shape index (κ2) is 5.38. The zero-order chi connectivity index (χ0) is 14.9. The molecule has 0 heterocycles. The van der Waals surface area contributed by atoms with E-state index >= 15 is 0 Å². The van der Waals surface area contributed by atoms with Gasteiger partial charge in [0, 0.05) is 18.4 Å². The third-order valence-corrected chi connectivity index (χ3v) is 3.72. The van der Waals surface area contributed by atoms with E-state index in [1.165, 1.54) is 25.3 Å². The molecule has 110 valence electrons. The predicted octanol–water partition coefficient (Wildman–Crippen LogP) is 3.78. The van der Waals surface area contributed by atoms with Crippen LogP contribution < -0.4 is 4.74 Å². The molecule has 1 atom stereocenters. The SMILES string of the molecule is COc1ccc(C(C)(F)F)cc1C(CC(=O)O)C1CC1. The van der Waals surface area contributed by atoms with Crippen molar-refractivity contribution in [3.05, 3.63) is 29.3 Å². The normalized spacial score (nSPS) is 16.8. The van der Waals surface area contributed by atoms with Crippen LogP contribution in [0.2, 0.25) is 0 Å². The minimum absolute atomic E-state index is 0.0558. The number of hydrogen-bond acceptors (Lipinski definition) is 2. The molecule has 2 rings (SSSR count). The number of hydrogen-bond donors (Lipinski definition) is 1. The van der Waals surface area contributed by atoms with Gasteiger partial charge in [-0.25, -0.2) is 8.78 Å². The fourth-order valence-corrected chi connectivity index (χ4v) is 2.51. The van der Waals surface area contributed by atoms with Gasteiger partial charge in [0.25, 0.3) is 5.92 Å². The lowest BCUT2D eigenvalue weighted by Gasteiger charge is -2.20. The largest absolute Gasteiger partial charge is 0.496 e. The third kappa shape index (κ3) is 3.26. The summed E-state index contributed by atoms with van der Waals surface area (Å²) in [7, 11) is 1.47. The smallest absolute Gasteiger partial charge is 0.303 e. The van der Waals surface area contributed by atoms with Crippen molar-refractivity contribution in [3.8, 4) is 5.75 Å². The van der Waals surface area contributed by atoms with Gasteiger partial charge in [0.2, 0.25) is 0 Å². The van der Waals surface area contributed by atoms with Crippen molar-refractivity contribution in [2.24, 2.45) is 5.92 Å². The van der Waals surface area contributed by atoms with Gasteiger partial charge in [0.05, 0.1) is 13.5 Å². The molecule has 1 aromatic rings. The molecule has 0 aliphatic heterocycles. The van der Waals surface area contributed by atoms with E-state index in [-0.39, 0.29) is 23.8 Å². The van der Waals surface area contributed by atoms with E-state index in [0.717, 1.165) is 19.8 Å². The molecule has 3 nitrogen and oxygen atoms in total. The number of carbonyl (C=O) groups is 1. The van der Waals surface area contributed by atoms with Crippen LogP contribution >= 0.6 is 0 Å². The first-order chi connectivity index (χ1) is 9.32. The zero-order valence-electron chi connectivity index (χ0n) is 11.5. The minimum Gasteiger partial charge on any atom is -0.496 e. The van der Waals surface area contributed by atoms with Gasteiger partial charge in [-0.3, -0.25) is 4.79 Å². The van der Waals surface area contributed by atoms with Gasteiger partial charge in [0.15, 0.2) is 0 Å². The molecule has 20 heavy (non-hydrogen) atoms. The van der Waals surface area contributed by atoms with Gasteiger partial charge in [-0.1, -0.05) is 0 Å². The average molecular weight is 284 g/mol. The number of carboxylic acid groups (broad SMARTS) is 1. The maximum Gasteiger partial charge on any atom is 0.303 e. The van der Waals surface area contributed by atoms with Gasteiger partial charge in [-0.15, -0.1) is 0 Å². The lowest BCUT2D eigenvalue weighted by Crippen LogP contribution is -2.13. The summed E-state index contributed by atoms with van der Waals surface area (Å²) in [5.74, 6) is -3.39. The van der Waals surface area contributed by atoms with Crippen LogP contribution in [0.3, 0.4) is 0 Å². The Morgan fingerprint density at radius 3 is 2.60 bits per heavy atom. The predicted molar refractivity (Wildman–Crippen MR) is 70.3 cm³/mol. The van der Waals surface area contributed by atoms with E-state index in [0.29, 0.717) is 11.3 Å². The van der Waals surface area contributed by atoms with Crippen LogP contribution in [-0.4, -0.2) is 18.2 Å². The Morgan fingerprint density at radius 2 is 2.15 bits per heavy atom. The number of rotatable bonds is 6. The molecule has 0 bridgehead atoms. The van der Waals surface area contributed by atoms with Gasteiger partial charge >= 0.3 is 5.97 Å². The Hall–Kier alpha value is -1.65. The Labute approximate surface area is 116 Å². The molecule has 1 N–H and O–H groups in total. The van der Waals surface area contributed by atoms with Crippen LogP contribution in [0.15, 0.2) is 18.2 Å². The molecule has 1 saturated carbocycles. The van der Waals surface area contributed by atoms with E-state index < -0.39 is 11.9 Å². The molecule has 1 aliphatic rings. The van der Waals surface area contributed by atoms with Crippen LogP contribution in [-0.2, 0) is 10.7 Å². The second-order valence-electron chi connectivity index (χ2n) is 5.39. The van der Waals surface area contributed by atoms with Crippen LogP contribution in [0, 0.1) is 5.92 Å². The summed E-state index contributed by atoms with van der Waals surface area (Å²) in [5.41, 5.74) is 0.473. The van der Waals surface area contributed by atoms with E-state index in [4.69, 9.17) is 9.84 Å².